The second-order valence-corrected chi connectivity index (χ2v) is 10.1. The van der Waals surface area contributed by atoms with Crippen LogP contribution in [0.4, 0.5) is 0 Å². The van der Waals surface area contributed by atoms with E-state index in [1.165, 1.54) is 16.0 Å². The third-order valence-electron chi connectivity index (χ3n) is 7.84. The molecule has 7 heteroatoms. The minimum atomic E-state index is -0.538. The van der Waals surface area contributed by atoms with Crippen LogP contribution in [-0.4, -0.2) is 64.9 Å². The SMILES string of the molecule is CCC(CC)[C@@H]1C(=O)N[C@H](C2Cc3ccccc3C2)C(=O)N1Cc1ccc(C(=O)N(C)CCO)cc1. The highest BCUT2D eigenvalue weighted by Gasteiger charge is 2.46. The molecule has 1 heterocycles. The summed E-state index contributed by atoms with van der Waals surface area (Å²) >= 11 is 0. The zero-order chi connectivity index (χ0) is 25.8. The largest absolute Gasteiger partial charge is 0.395 e. The number of nitrogens with one attached hydrogen (secondary N) is 1. The molecule has 2 aliphatic rings. The van der Waals surface area contributed by atoms with Gasteiger partial charge in [0.25, 0.3) is 5.91 Å². The van der Waals surface area contributed by atoms with Gasteiger partial charge in [-0.25, -0.2) is 0 Å². The number of likely N-dealkylation sites (N-methyl/N-ethyl adjacent to an activating group) is 1. The lowest BCUT2D eigenvalue weighted by Gasteiger charge is -2.43. The van der Waals surface area contributed by atoms with Crippen molar-refractivity contribution in [1.29, 1.82) is 0 Å². The minimum absolute atomic E-state index is 0.0212. The Morgan fingerprint density at radius 1 is 1.06 bits per heavy atom. The summed E-state index contributed by atoms with van der Waals surface area (Å²) in [7, 11) is 1.65. The van der Waals surface area contributed by atoms with Gasteiger partial charge in [-0.15, -0.1) is 0 Å². The van der Waals surface area contributed by atoms with Crippen LogP contribution in [-0.2, 0) is 29.0 Å². The van der Waals surface area contributed by atoms with Crippen molar-refractivity contribution in [1.82, 2.24) is 15.1 Å². The second-order valence-electron chi connectivity index (χ2n) is 10.1. The normalized spacial score (nSPS) is 20.0. The molecule has 1 fully saturated rings. The number of amides is 3. The lowest BCUT2D eigenvalue weighted by Crippen LogP contribution is -2.66. The summed E-state index contributed by atoms with van der Waals surface area (Å²) in [4.78, 5) is 43.1. The first-order valence-electron chi connectivity index (χ1n) is 13.0. The molecule has 1 saturated heterocycles. The molecule has 1 aliphatic heterocycles. The fourth-order valence-electron chi connectivity index (χ4n) is 5.71. The van der Waals surface area contributed by atoms with Crippen molar-refractivity contribution in [3.8, 4) is 0 Å². The standard InChI is InChI=1S/C29H37N3O4/c1-4-20(5-2)26-27(34)30-25(24-16-22-8-6-7-9-23(22)17-24)29(36)32(26)18-19-10-12-21(13-11-19)28(35)31(3)14-15-33/h6-13,20,24-26,33H,4-5,14-18H2,1-3H3,(H,30,34)/t25-,26-/m1/s1. The summed E-state index contributed by atoms with van der Waals surface area (Å²) < 4.78 is 0. The van der Waals surface area contributed by atoms with E-state index in [0.717, 1.165) is 31.2 Å². The van der Waals surface area contributed by atoms with Gasteiger partial charge in [0.2, 0.25) is 11.8 Å². The fourth-order valence-corrected chi connectivity index (χ4v) is 5.71. The van der Waals surface area contributed by atoms with E-state index in [1.54, 1.807) is 24.1 Å². The summed E-state index contributed by atoms with van der Waals surface area (Å²) in [6, 6.07) is 14.4. The molecule has 2 aromatic carbocycles. The van der Waals surface area contributed by atoms with Gasteiger partial charge in [0.15, 0.2) is 0 Å². The first-order valence-corrected chi connectivity index (χ1v) is 13.0. The van der Waals surface area contributed by atoms with Gasteiger partial charge in [-0.3, -0.25) is 14.4 Å². The minimum Gasteiger partial charge on any atom is -0.395 e. The predicted octanol–water partition coefficient (Wildman–Crippen LogP) is 2.80. The number of fused-ring (bicyclic) bond motifs is 1. The Hall–Kier alpha value is -3.19. The summed E-state index contributed by atoms with van der Waals surface area (Å²) in [5.74, 6) is -0.136. The van der Waals surface area contributed by atoms with Crippen molar-refractivity contribution >= 4 is 17.7 Å². The van der Waals surface area contributed by atoms with E-state index in [-0.39, 0.29) is 42.7 Å². The number of aliphatic hydroxyl groups is 1. The van der Waals surface area contributed by atoms with Crippen molar-refractivity contribution in [3.05, 3.63) is 70.8 Å². The molecule has 0 unspecified atom stereocenters. The fraction of sp³-hybridized carbons (Fsp3) is 0.483. The maximum Gasteiger partial charge on any atom is 0.253 e. The number of nitrogens with zero attached hydrogens (tertiary/aromatic N) is 2. The third kappa shape index (κ3) is 5.16. The number of rotatable bonds is 9. The van der Waals surface area contributed by atoms with Gasteiger partial charge < -0.3 is 20.2 Å². The molecule has 3 amide bonds. The van der Waals surface area contributed by atoms with Gasteiger partial charge in [-0.1, -0.05) is 63.1 Å². The molecular formula is C29H37N3O4. The van der Waals surface area contributed by atoms with E-state index in [2.05, 4.69) is 31.3 Å². The molecule has 2 aromatic rings. The Morgan fingerprint density at radius 3 is 2.22 bits per heavy atom. The molecule has 0 saturated carbocycles. The molecule has 192 valence electrons. The quantitative estimate of drug-likeness (QED) is 0.565. The van der Waals surface area contributed by atoms with Crippen LogP contribution in [0.3, 0.4) is 0 Å². The van der Waals surface area contributed by atoms with E-state index in [0.29, 0.717) is 12.1 Å². The average Bonchev–Trinajstić information content (AvgIpc) is 3.32. The predicted molar refractivity (Wildman–Crippen MR) is 138 cm³/mol. The van der Waals surface area contributed by atoms with Crippen LogP contribution in [0, 0.1) is 11.8 Å². The number of hydrogen-bond donors (Lipinski definition) is 2. The number of hydrogen-bond acceptors (Lipinski definition) is 4. The van der Waals surface area contributed by atoms with Crippen LogP contribution in [0.5, 0.6) is 0 Å². The monoisotopic (exact) mass is 491 g/mol. The Bertz CT molecular complexity index is 1070. The van der Waals surface area contributed by atoms with Crippen LogP contribution in [0.25, 0.3) is 0 Å². The Labute approximate surface area is 213 Å². The van der Waals surface area contributed by atoms with Gasteiger partial charge in [0, 0.05) is 25.7 Å². The van der Waals surface area contributed by atoms with Crippen molar-refractivity contribution < 1.29 is 19.5 Å². The number of benzene rings is 2. The smallest absolute Gasteiger partial charge is 0.253 e. The number of aliphatic hydroxyl groups excluding tert-OH is 1. The molecule has 36 heavy (non-hydrogen) atoms. The van der Waals surface area contributed by atoms with E-state index in [9.17, 15) is 14.4 Å². The van der Waals surface area contributed by atoms with Gasteiger partial charge in [-0.2, -0.15) is 0 Å². The van der Waals surface area contributed by atoms with Crippen molar-refractivity contribution in [3.63, 3.8) is 0 Å². The highest BCUT2D eigenvalue weighted by atomic mass is 16.3. The summed E-state index contributed by atoms with van der Waals surface area (Å²) in [6.07, 6.45) is 3.19. The number of piperazine rings is 1. The highest BCUT2D eigenvalue weighted by Crippen LogP contribution is 2.33. The van der Waals surface area contributed by atoms with Crippen LogP contribution in [0.2, 0.25) is 0 Å². The van der Waals surface area contributed by atoms with E-state index >= 15 is 0 Å². The molecule has 0 spiro atoms. The molecule has 0 aromatic heterocycles. The van der Waals surface area contributed by atoms with E-state index in [1.807, 2.05) is 24.3 Å². The van der Waals surface area contributed by atoms with Crippen molar-refractivity contribution in [2.75, 3.05) is 20.2 Å². The lowest BCUT2D eigenvalue weighted by atomic mass is 9.86. The summed E-state index contributed by atoms with van der Waals surface area (Å²) in [6.45, 7) is 4.62. The third-order valence-corrected chi connectivity index (χ3v) is 7.84. The van der Waals surface area contributed by atoms with E-state index in [4.69, 9.17) is 5.11 Å². The molecule has 2 atom stereocenters. The van der Waals surface area contributed by atoms with Crippen molar-refractivity contribution in [2.45, 2.75) is 58.2 Å². The van der Waals surface area contributed by atoms with Crippen LogP contribution < -0.4 is 5.32 Å². The van der Waals surface area contributed by atoms with E-state index < -0.39 is 12.1 Å². The zero-order valence-electron chi connectivity index (χ0n) is 21.4. The van der Waals surface area contributed by atoms with Gasteiger partial charge in [0.1, 0.15) is 12.1 Å². The lowest BCUT2D eigenvalue weighted by molar-refractivity contribution is -0.154. The average molecular weight is 492 g/mol. The number of carbonyl (C=O) groups excluding carboxylic acids is 3. The first kappa shape index (κ1) is 25.9. The number of carbonyl (C=O) groups is 3. The second kappa shape index (κ2) is 11.2. The zero-order valence-corrected chi connectivity index (χ0v) is 21.4. The van der Waals surface area contributed by atoms with Crippen LogP contribution in [0.15, 0.2) is 48.5 Å². The van der Waals surface area contributed by atoms with Gasteiger partial charge in [0.05, 0.1) is 6.61 Å². The molecular weight excluding hydrogens is 454 g/mol. The topological polar surface area (TPSA) is 90.0 Å². The maximum absolute atomic E-state index is 13.9. The summed E-state index contributed by atoms with van der Waals surface area (Å²) in [5.41, 5.74) is 3.91. The molecule has 0 radical (unpaired) electrons. The maximum atomic E-state index is 13.9. The Morgan fingerprint density at radius 2 is 1.67 bits per heavy atom. The van der Waals surface area contributed by atoms with Gasteiger partial charge in [-0.05, 0) is 53.5 Å². The molecule has 4 rings (SSSR count). The Balaban J connectivity index is 1.57. The molecule has 0 bridgehead atoms. The summed E-state index contributed by atoms with van der Waals surface area (Å²) in [5, 5.41) is 12.2. The van der Waals surface area contributed by atoms with Crippen LogP contribution in [0.1, 0.15) is 53.7 Å². The van der Waals surface area contributed by atoms with Crippen LogP contribution >= 0.6 is 0 Å². The highest BCUT2D eigenvalue weighted by molar-refractivity contribution is 5.97. The molecule has 1 aliphatic carbocycles. The Kier molecular flexibility index (Phi) is 8.09. The molecule has 2 N–H and O–H groups in total. The van der Waals surface area contributed by atoms with Gasteiger partial charge >= 0.3 is 0 Å². The van der Waals surface area contributed by atoms with Crippen molar-refractivity contribution in [2.24, 2.45) is 11.8 Å². The molecule has 7 nitrogen and oxygen atoms in total. The first-order chi connectivity index (χ1) is 17.4.